The molecular formula is C18H15F2N5O3. The lowest BCUT2D eigenvalue weighted by Gasteiger charge is -2.12. The van der Waals surface area contributed by atoms with E-state index in [0.29, 0.717) is 29.9 Å². The van der Waals surface area contributed by atoms with Gasteiger partial charge in [0.25, 0.3) is 5.91 Å². The van der Waals surface area contributed by atoms with Gasteiger partial charge in [-0.15, -0.1) is 10.2 Å². The summed E-state index contributed by atoms with van der Waals surface area (Å²) in [6.07, 6.45) is 5.24. The van der Waals surface area contributed by atoms with Crippen LogP contribution in [0.25, 0.3) is 5.82 Å². The van der Waals surface area contributed by atoms with Gasteiger partial charge >= 0.3 is 5.97 Å². The quantitative estimate of drug-likeness (QED) is 0.676. The summed E-state index contributed by atoms with van der Waals surface area (Å²) < 4.78 is 33.3. The monoisotopic (exact) mass is 387 g/mol. The molecule has 0 bridgehead atoms. The van der Waals surface area contributed by atoms with Gasteiger partial charge in [0.1, 0.15) is 6.33 Å². The van der Waals surface area contributed by atoms with Crippen LogP contribution in [0.1, 0.15) is 33.3 Å². The van der Waals surface area contributed by atoms with Gasteiger partial charge in [0, 0.05) is 18.5 Å². The predicted octanol–water partition coefficient (Wildman–Crippen LogP) is 2.54. The fraction of sp³-hybridized carbons (Fsp3) is 0.167. The minimum Gasteiger partial charge on any atom is -0.465 e. The molecule has 1 amide bonds. The number of carbonyl (C=O) groups excluding carboxylic acids is 2. The summed E-state index contributed by atoms with van der Waals surface area (Å²) in [7, 11) is 1.09. The number of nitrogens with zero attached hydrogens (tertiary/aromatic N) is 4. The van der Waals surface area contributed by atoms with E-state index >= 15 is 0 Å². The molecule has 3 aromatic rings. The summed E-state index contributed by atoms with van der Waals surface area (Å²) in [5, 5.41) is 10.3. The van der Waals surface area contributed by atoms with E-state index < -0.39 is 23.5 Å². The molecule has 10 heteroatoms. The van der Waals surface area contributed by atoms with Crippen molar-refractivity contribution in [2.45, 2.75) is 13.3 Å². The zero-order valence-corrected chi connectivity index (χ0v) is 14.9. The molecule has 0 unspecified atom stereocenters. The van der Waals surface area contributed by atoms with Gasteiger partial charge in [-0.1, -0.05) is 6.92 Å². The van der Waals surface area contributed by atoms with Gasteiger partial charge in [0.2, 0.25) is 0 Å². The van der Waals surface area contributed by atoms with Gasteiger partial charge in [-0.3, -0.25) is 9.36 Å². The number of hydrogen-bond acceptors (Lipinski definition) is 6. The maximum absolute atomic E-state index is 13.6. The van der Waals surface area contributed by atoms with Crippen molar-refractivity contribution in [3.05, 3.63) is 65.4 Å². The summed E-state index contributed by atoms with van der Waals surface area (Å²) in [4.78, 5) is 28.4. The van der Waals surface area contributed by atoms with E-state index in [4.69, 9.17) is 0 Å². The molecule has 3 rings (SSSR count). The Labute approximate surface area is 158 Å². The van der Waals surface area contributed by atoms with Gasteiger partial charge in [0.15, 0.2) is 23.1 Å². The van der Waals surface area contributed by atoms with Crippen molar-refractivity contribution in [1.29, 1.82) is 0 Å². The fourth-order valence-electron chi connectivity index (χ4n) is 2.51. The maximum atomic E-state index is 13.6. The Kier molecular flexibility index (Phi) is 5.39. The fourth-order valence-corrected chi connectivity index (χ4v) is 2.51. The van der Waals surface area contributed by atoms with Crippen LogP contribution in [0.4, 0.5) is 14.5 Å². The summed E-state index contributed by atoms with van der Waals surface area (Å²) in [6, 6.07) is 3.03. The van der Waals surface area contributed by atoms with Crippen LogP contribution >= 0.6 is 0 Å². The highest BCUT2D eigenvalue weighted by Crippen LogP contribution is 2.22. The third-order valence-electron chi connectivity index (χ3n) is 3.94. The Balaban J connectivity index is 1.95. The number of hydrogen-bond donors (Lipinski definition) is 1. The van der Waals surface area contributed by atoms with Crippen LogP contribution in [0.15, 0.2) is 36.9 Å². The van der Waals surface area contributed by atoms with Gasteiger partial charge in [0.05, 0.1) is 18.4 Å². The molecule has 0 fully saturated rings. The number of benzene rings is 1. The number of amides is 1. The van der Waals surface area contributed by atoms with Crippen molar-refractivity contribution in [3.63, 3.8) is 0 Å². The first-order valence-corrected chi connectivity index (χ1v) is 8.18. The second kappa shape index (κ2) is 7.91. The van der Waals surface area contributed by atoms with Crippen LogP contribution in [0.2, 0.25) is 0 Å². The van der Waals surface area contributed by atoms with Crippen molar-refractivity contribution in [2.75, 3.05) is 12.4 Å². The van der Waals surface area contributed by atoms with E-state index in [9.17, 15) is 18.4 Å². The number of ether oxygens (including phenoxy) is 1. The summed E-state index contributed by atoms with van der Waals surface area (Å²) >= 11 is 0. The molecule has 1 N–H and O–H groups in total. The molecule has 0 aliphatic carbocycles. The molecule has 0 spiro atoms. The minimum absolute atomic E-state index is 0.00749. The van der Waals surface area contributed by atoms with E-state index in [-0.39, 0.29) is 16.9 Å². The van der Waals surface area contributed by atoms with E-state index in [1.807, 2.05) is 6.92 Å². The van der Waals surface area contributed by atoms with Crippen LogP contribution in [0.3, 0.4) is 0 Å². The van der Waals surface area contributed by atoms with Crippen LogP contribution in [-0.4, -0.2) is 38.7 Å². The number of anilines is 1. The first-order valence-electron chi connectivity index (χ1n) is 8.18. The standard InChI is InChI=1S/C18H15F2N5O3/c1-3-10-6-15(25-5-4-21-9-25)23-24-16(10)17(26)22-14-8-13(20)12(19)7-11(14)18(27)28-2/h4-9H,3H2,1-2H3,(H,22,26). The Morgan fingerprint density at radius 1 is 1.18 bits per heavy atom. The van der Waals surface area contributed by atoms with Crippen LogP contribution < -0.4 is 5.32 Å². The molecule has 0 aliphatic heterocycles. The smallest absolute Gasteiger partial charge is 0.340 e. The Hall–Kier alpha value is -3.69. The lowest BCUT2D eigenvalue weighted by molar-refractivity contribution is 0.0601. The maximum Gasteiger partial charge on any atom is 0.340 e. The molecule has 144 valence electrons. The van der Waals surface area contributed by atoms with Crippen molar-refractivity contribution < 1.29 is 23.1 Å². The topological polar surface area (TPSA) is 99.0 Å². The molecule has 0 atom stereocenters. The Morgan fingerprint density at radius 3 is 2.57 bits per heavy atom. The molecule has 0 saturated heterocycles. The van der Waals surface area contributed by atoms with E-state index in [2.05, 4.69) is 25.2 Å². The van der Waals surface area contributed by atoms with Crippen molar-refractivity contribution in [2.24, 2.45) is 0 Å². The molecule has 1 aromatic carbocycles. The summed E-state index contributed by atoms with van der Waals surface area (Å²) in [5.74, 6) is -3.64. The highest BCUT2D eigenvalue weighted by Gasteiger charge is 2.21. The average Bonchev–Trinajstić information content (AvgIpc) is 3.24. The number of aryl methyl sites for hydroxylation is 1. The minimum atomic E-state index is -1.24. The number of nitrogens with one attached hydrogen (secondary N) is 1. The first-order chi connectivity index (χ1) is 13.4. The number of imidazole rings is 1. The van der Waals surface area contributed by atoms with Gasteiger partial charge in [-0.25, -0.2) is 18.6 Å². The summed E-state index contributed by atoms with van der Waals surface area (Å²) in [5.41, 5.74) is -0.000557. The van der Waals surface area contributed by atoms with Crippen molar-refractivity contribution in [3.8, 4) is 5.82 Å². The molecule has 28 heavy (non-hydrogen) atoms. The van der Waals surface area contributed by atoms with Crippen molar-refractivity contribution >= 4 is 17.6 Å². The van der Waals surface area contributed by atoms with E-state index in [0.717, 1.165) is 7.11 Å². The van der Waals surface area contributed by atoms with Gasteiger partial charge in [-0.05, 0) is 24.1 Å². The number of carbonyl (C=O) groups is 2. The third kappa shape index (κ3) is 3.70. The van der Waals surface area contributed by atoms with Crippen LogP contribution in [-0.2, 0) is 11.2 Å². The molecule has 0 saturated carbocycles. The lowest BCUT2D eigenvalue weighted by atomic mass is 10.1. The zero-order chi connectivity index (χ0) is 20.3. The lowest BCUT2D eigenvalue weighted by Crippen LogP contribution is -2.20. The predicted molar refractivity (Wildman–Crippen MR) is 94.2 cm³/mol. The number of aromatic nitrogens is 4. The zero-order valence-electron chi connectivity index (χ0n) is 14.9. The van der Waals surface area contributed by atoms with Crippen LogP contribution in [0.5, 0.6) is 0 Å². The first kappa shape index (κ1) is 19.1. The normalized spacial score (nSPS) is 10.6. The van der Waals surface area contributed by atoms with Crippen molar-refractivity contribution in [1.82, 2.24) is 19.7 Å². The SMILES string of the molecule is CCc1cc(-n2ccnc2)nnc1C(=O)Nc1cc(F)c(F)cc1C(=O)OC. The third-order valence-corrected chi connectivity index (χ3v) is 3.94. The van der Waals surface area contributed by atoms with Crippen LogP contribution in [0, 0.1) is 11.6 Å². The number of halogens is 2. The molecule has 2 heterocycles. The Bertz CT molecular complexity index is 1040. The largest absolute Gasteiger partial charge is 0.465 e. The highest BCUT2D eigenvalue weighted by molar-refractivity contribution is 6.07. The number of esters is 1. The highest BCUT2D eigenvalue weighted by atomic mass is 19.2. The molecular weight excluding hydrogens is 372 g/mol. The second-order valence-electron chi connectivity index (χ2n) is 5.66. The molecule has 0 radical (unpaired) electrons. The average molecular weight is 387 g/mol. The molecule has 8 nitrogen and oxygen atoms in total. The second-order valence-corrected chi connectivity index (χ2v) is 5.66. The van der Waals surface area contributed by atoms with Gasteiger partial charge < -0.3 is 10.1 Å². The molecule has 0 aliphatic rings. The number of rotatable bonds is 5. The number of methoxy groups -OCH3 is 1. The van der Waals surface area contributed by atoms with E-state index in [1.165, 1.54) is 6.33 Å². The van der Waals surface area contributed by atoms with Gasteiger partial charge in [-0.2, -0.15) is 0 Å². The Morgan fingerprint density at radius 2 is 1.93 bits per heavy atom. The van der Waals surface area contributed by atoms with E-state index in [1.54, 1.807) is 23.0 Å². The summed E-state index contributed by atoms with van der Waals surface area (Å²) in [6.45, 7) is 1.82. The molecule has 2 aromatic heterocycles.